The number of benzene rings is 1. The number of ether oxygens (including phenoxy) is 2. The number of piperazine rings is 1. The molecule has 3 aliphatic heterocycles. The number of nitrogens with zero attached hydrogens (tertiary/aromatic N) is 5. The van der Waals surface area contributed by atoms with Crippen molar-refractivity contribution < 1.29 is 33.2 Å². The maximum absolute atomic E-state index is 13.1. The molecule has 6 rings (SSSR count). The number of aromatic nitrogens is 2. The molecule has 1 aromatic carbocycles. The van der Waals surface area contributed by atoms with Crippen molar-refractivity contribution >= 4 is 40.6 Å². The van der Waals surface area contributed by atoms with Crippen LogP contribution >= 0.6 is 0 Å². The number of nitrogens with one attached hydrogen (secondary N) is 1. The van der Waals surface area contributed by atoms with Crippen LogP contribution in [0.5, 0.6) is 0 Å². The minimum absolute atomic E-state index is 0.0231. The second-order valence-electron chi connectivity index (χ2n) is 14.1. The van der Waals surface area contributed by atoms with Gasteiger partial charge >= 0.3 is 11.8 Å². The molecule has 1 N–H and O–H groups in total. The molecular formula is C35H45N6O7+. The molecular weight excluding hydrogens is 616 g/mol. The van der Waals surface area contributed by atoms with Crippen LogP contribution in [0, 0.1) is 17.8 Å². The molecule has 4 heterocycles. The summed E-state index contributed by atoms with van der Waals surface area (Å²) in [5.41, 5.74) is 2.54. The average Bonchev–Trinajstić information content (AvgIpc) is 3.27. The van der Waals surface area contributed by atoms with Gasteiger partial charge in [-0.25, -0.2) is 14.2 Å². The molecule has 48 heavy (non-hydrogen) atoms. The number of hydrogen-bond donors (Lipinski definition) is 1. The van der Waals surface area contributed by atoms with E-state index >= 15 is 0 Å². The number of fused-ring (bicyclic) bond motifs is 1. The zero-order valence-electron chi connectivity index (χ0n) is 28.3. The van der Waals surface area contributed by atoms with E-state index in [2.05, 4.69) is 21.7 Å². The maximum Gasteiger partial charge on any atom is 0.410 e. The highest BCUT2D eigenvalue weighted by atomic mass is 16.6. The lowest BCUT2D eigenvalue weighted by Gasteiger charge is -2.38. The monoisotopic (exact) mass is 661 g/mol. The zero-order valence-corrected chi connectivity index (χ0v) is 28.3. The number of carbonyl (C=O) groups excluding carboxylic acids is 4. The zero-order chi connectivity index (χ0) is 34.2. The molecule has 0 bridgehead atoms. The summed E-state index contributed by atoms with van der Waals surface area (Å²) in [5.74, 6) is 5.66. The molecule has 4 fully saturated rings. The van der Waals surface area contributed by atoms with E-state index in [1.165, 1.54) is 14.8 Å². The largest absolute Gasteiger partial charge is 0.444 e. The van der Waals surface area contributed by atoms with Gasteiger partial charge in [-0.15, -0.1) is 0 Å². The molecule has 4 aliphatic rings. The predicted octanol–water partition coefficient (Wildman–Crippen LogP) is 1.79. The lowest BCUT2D eigenvalue weighted by Crippen LogP contribution is -2.54. The lowest BCUT2D eigenvalue weighted by atomic mass is 9.81. The fourth-order valence-electron chi connectivity index (χ4n) is 6.94. The minimum atomic E-state index is -0.720. The molecule has 1 unspecified atom stereocenters. The molecule has 2 aromatic rings. The minimum Gasteiger partial charge on any atom is -0.444 e. The molecule has 1 aromatic heterocycles. The van der Waals surface area contributed by atoms with Crippen molar-refractivity contribution in [2.45, 2.75) is 77.0 Å². The summed E-state index contributed by atoms with van der Waals surface area (Å²) in [4.78, 5) is 66.0. The van der Waals surface area contributed by atoms with Crippen LogP contribution in [0.4, 0.5) is 4.79 Å². The number of piperidine rings is 2. The summed E-state index contributed by atoms with van der Waals surface area (Å²) < 4.78 is 16.9. The molecule has 256 valence electrons. The molecule has 0 spiro atoms. The molecule has 3 saturated heterocycles. The van der Waals surface area contributed by atoms with Crippen LogP contribution in [-0.4, -0.2) is 111 Å². The van der Waals surface area contributed by atoms with Crippen LogP contribution in [-0.2, 0) is 30.9 Å². The van der Waals surface area contributed by atoms with E-state index in [1.807, 2.05) is 37.8 Å². The Labute approximate surface area is 279 Å². The number of imidazole rings is 1. The van der Waals surface area contributed by atoms with Gasteiger partial charge in [-0.05, 0) is 45.4 Å². The summed E-state index contributed by atoms with van der Waals surface area (Å²) in [7, 11) is 1.66. The van der Waals surface area contributed by atoms with Crippen molar-refractivity contribution in [3.05, 3.63) is 34.2 Å². The van der Waals surface area contributed by atoms with Crippen molar-refractivity contribution in [1.82, 2.24) is 24.3 Å². The van der Waals surface area contributed by atoms with E-state index in [0.717, 1.165) is 44.3 Å². The number of aryl methyl sites for hydroxylation is 1. The van der Waals surface area contributed by atoms with Gasteiger partial charge in [0, 0.05) is 70.9 Å². The van der Waals surface area contributed by atoms with Crippen LogP contribution in [0.15, 0.2) is 23.0 Å². The second-order valence-corrected chi connectivity index (χ2v) is 14.1. The van der Waals surface area contributed by atoms with E-state index in [9.17, 15) is 24.0 Å². The first-order valence-electron chi connectivity index (χ1n) is 16.9. The predicted molar refractivity (Wildman–Crippen MR) is 177 cm³/mol. The smallest absolute Gasteiger partial charge is 0.410 e. The average molecular weight is 662 g/mol. The Balaban J connectivity index is 0.945. The van der Waals surface area contributed by atoms with Crippen LogP contribution in [0.1, 0.15) is 70.9 Å². The van der Waals surface area contributed by atoms with Gasteiger partial charge in [0.1, 0.15) is 31.3 Å². The summed E-state index contributed by atoms with van der Waals surface area (Å²) >= 11 is 0. The third kappa shape index (κ3) is 7.18. The first-order valence-corrected chi connectivity index (χ1v) is 16.9. The van der Waals surface area contributed by atoms with E-state index in [4.69, 9.17) is 9.47 Å². The quantitative estimate of drug-likeness (QED) is 0.300. The van der Waals surface area contributed by atoms with Gasteiger partial charge in [0.15, 0.2) is 5.71 Å². The van der Waals surface area contributed by atoms with E-state index in [0.29, 0.717) is 50.2 Å². The topological polar surface area (TPSA) is 135 Å². The maximum atomic E-state index is 13.1. The number of amides is 4. The van der Waals surface area contributed by atoms with Gasteiger partial charge in [-0.2, -0.15) is 0 Å². The normalized spacial score (nSPS) is 23.4. The van der Waals surface area contributed by atoms with E-state index in [1.54, 1.807) is 18.0 Å². The number of rotatable bonds is 4. The fourth-order valence-corrected chi connectivity index (χ4v) is 6.94. The van der Waals surface area contributed by atoms with Crippen LogP contribution in [0.25, 0.3) is 11.0 Å². The standard InChI is InChI=1S/C35H44N6O7/c1-35(2,3)48-34(46)40-17-15-39(16-18-40)32(44)24-21-25(22-24)38-13-11-26(12-14-38)47-19-5-6-23-7-8-27-29(20-23)37(4)33(45)41(27)28-9-10-30(42)36-31(28)43/h7-8,20,24,26,28H,9-19,21-22H2,1-4H3/p+1. The van der Waals surface area contributed by atoms with E-state index in [-0.39, 0.29) is 42.0 Å². The van der Waals surface area contributed by atoms with E-state index < -0.39 is 17.6 Å². The van der Waals surface area contributed by atoms with Crippen molar-refractivity contribution in [1.29, 1.82) is 0 Å². The molecule has 1 aliphatic carbocycles. The van der Waals surface area contributed by atoms with Crippen LogP contribution in [0.2, 0.25) is 0 Å². The Morgan fingerprint density at radius 2 is 1.67 bits per heavy atom. The number of carbonyl (C=O) groups is 4. The second kappa shape index (κ2) is 13.6. The molecule has 13 heteroatoms. The van der Waals surface area contributed by atoms with Gasteiger partial charge in [0.25, 0.3) is 0 Å². The highest BCUT2D eigenvalue weighted by Gasteiger charge is 2.41. The van der Waals surface area contributed by atoms with Crippen molar-refractivity contribution in [2.75, 3.05) is 45.9 Å². The highest BCUT2D eigenvalue weighted by Crippen LogP contribution is 2.29. The number of imide groups is 1. The van der Waals surface area contributed by atoms with Gasteiger partial charge < -0.3 is 19.3 Å². The Hall–Kier alpha value is -4.44. The summed E-state index contributed by atoms with van der Waals surface area (Å²) in [6, 6.07) is 4.74. The van der Waals surface area contributed by atoms with Crippen LogP contribution in [0.3, 0.4) is 0 Å². The molecule has 4 amide bonds. The van der Waals surface area contributed by atoms with Gasteiger partial charge in [0.2, 0.25) is 17.7 Å². The summed E-state index contributed by atoms with van der Waals surface area (Å²) in [5, 5.41) is 2.33. The first-order chi connectivity index (χ1) is 22.9. The Kier molecular flexibility index (Phi) is 9.47. The molecule has 1 saturated carbocycles. The number of hydrogen-bond acceptors (Lipinski definition) is 7. The molecule has 13 nitrogen and oxygen atoms in total. The van der Waals surface area contributed by atoms with Gasteiger partial charge in [-0.3, -0.25) is 28.8 Å². The SMILES string of the molecule is Cn1c(=O)n(C2CCC(=O)NC2=O)c2ccc(C#CCOC3CC[N+](=C4CC(C(=O)N5CCN(C(=O)OC(C)(C)C)CC5)C4)CC3)cc21. The Bertz CT molecular complexity index is 1760. The van der Waals surface area contributed by atoms with Crippen LogP contribution < -0.4 is 11.0 Å². The van der Waals surface area contributed by atoms with Crippen molar-refractivity contribution in [2.24, 2.45) is 13.0 Å². The fraction of sp³-hybridized carbons (Fsp3) is 0.600. The Morgan fingerprint density at radius 3 is 2.33 bits per heavy atom. The van der Waals surface area contributed by atoms with Crippen molar-refractivity contribution in [3.8, 4) is 11.8 Å². The Morgan fingerprint density at radius 1 is 0.979 bits per heavy atom. The van der Waals surface area contributed by atoms with Crippen molar-refractivity contribution in [3.63, 3.8) is 0 Å². The molecule has 1 atom stereocenters. The van der Waals surface area contributed by atoms with Gasteiger partial charge in [-0.1, -0.05) is 11.8 Å². The summed E-state index contributed by atoms with van der Waals surface area (Å²) in [6.45, 7) is 9.74. The molecule has 0 radical (unpaired) electrons. The lowest BCUT2D eigenvalue weighted by molar-refractivity contribution is -0.546. The van der Waals surface area contributed by atoms with Gasteiger partial charge in [0.05, 0.1) is 23.1 Å². The third-order valence-corrected chi connectivity index (χ3v) is 9.68. The third-order valence-electron chi connectivity index (χ3n) is 9.68. The summed E-state index contributed by atoms with van der Waals surface area (Å²) in [6.07, 6.45) is 3.70. The first kappa shape index (κ1) is 33.5. The highest BCUT2D eigenvalue weighted by molar-refractivity contribution is 6.00.